The summed E-state index contributed by atoms with van der Waals surface area (Å²) in [6.07, 6.45) is 5.04. The van der Waals surface area contributed by atoms with Gasteiger partial charge in [-0.2, -0.15) is 11.8 Å². The van der Waals surface area contributed by atoms with Crippen LogP contribution in [0.5, 0.6) is 0 Å². The van der Waals surface area contributed by atoms with Crippen LogP contribution in [-0.2, 0) is 32.7 Å². The number of aliphatic hydroxyl groups excluding tert-OH is 1. The first-order valence-corrected chi connectivity index (χ1v) is 3.63. The van der Waals surface area contributed by atoms with E-state index in [1.807, 2.05) is 6.08 Å². The van der Waals surface area contributed by atoms with Crippen molar-refractivity contribution < 1.29 is 37.8 Å². The Labute approximate surface area is 85.2 Å². The van der Waals surface area contributed by atoms with Crippen LogP contribution in [0.4, 0.5) is 0 Å². The first-order chi connectivity index (χ1) is 3.83. The van der Waals surface area contributed by atoms with Crippen molar-refractivity contribution in [2.24, 2.45) is 0 Å². The summed E-state index contributed by atoms with van der Waals surface area (Å²) >= 11 is 1.75. The van der Waals surface area contributed by atoms with E-state index in [1.165, 1.54) is 0 Å². The fraction of sp³-hybridized carbons (Fsp3) is 0.667. The molecule has 0 fully saturated rings. The molecule has 1 N–H and O–H groups in total. The second-order valence-electron chi connectivity index (χ2n) is 1.83. The van der Waals surface area contributed by atoms with Gasteiger partial charge in [-0.1, -0.05) is 6.92 Å². The van der Waals surface area contributed by atoms with Crippen molar-refractivity contribution in [3.05, 3.63) is 12.2 Å². The molecule has 0 aliphatic carbocycles. The van der Waals surface area contributed by atoms with Gasteiger partial charge >= 0.3 is 32.7 Å². The first-order valence-electron chi connectivity index (χ1n) is 2.68. The van der Waals surface area contributed by atoms with Crippen LogP contribution in [0.2, 0.25) is 0 Å². The molecular weight excluding hydrogens is 209 g/mol. The predicted octanol–water partition coefficient (Wildman–Crippen LogP) is 0.839. The second kappa shape index (κ2) is 4.89. The zero-order chi connectivity index (χ0) is 5.98. The average Bonchev–Trinajstić information content (AvgIpc) is 2.14. The molecule has 3 heteroatoms. The summed E-state index contributed by atoms with van der Waals surface area (Å²) in [5.74, 6) is 0. The van der Waals surface area contributed by atoms with Gasteiger partial charge in [-0.25, -0.2) is 0 Å². The smallest absolute Gasteiger partial charge is 0.486 e. The molecule has 9 heavy (non-hydrogen) atoms. The van der Waals surface area contributed by atoms with Crippen molar-refractivity contribution in [2.75, 3.05) is 6.61 Å². The Bertz CT molecular complexity index is 105. The monoisotopic (exact) mass is 218 g/mol. The van der Waals surface area contributed by atoms with E-state index in [2.05, 4.69) is 13.0 Å². The van der Waals surface area contributed by atoms with Crippen molar-refractivity contribution in [3.8, 4) is 0 Å². The zero-order valence-corrected chi connectivity index (χ0v) is 9.03. The quantitative estimate of drug-likeness (QED) is 0.658. The molecule has 0 aromatic heterocycles. The van der Waals surface area contributed by atoms with Crippen LogP contribution in [0.3, 0.4) is 0 Å². The second-order valence-corrected chi connectivity index (χ2v) is 3.42. The molecule has 0 radical (unpaired) electrons. The topological polar surface area (TPSA) is 20.2 Å². The van der Waals surface area contributed by atoms with Crippen molar-refractivity contribution in [1.29, 1.82) is 0 Å². The Morgan fingerprint density at radius 2 is 2.44 bits per heavy atom. The van der Waals surface area contributed by atoms with Crippen molar-refractivity contribution in [1.82, 2.24) is 0 Å². The van der Waals surface area contributed by atoms with Crippen LogP contribution < -0.4 is 0 Å². The minimum atomic E-state index is 0. The first kappa shape index (κ1) is 10.2. The molecule has 0 spiro atoms. The molecule has 2 unspecified atom stereocenters. The molecular formula is C6H9OSY+2. The Hall–Kier alpha value is 1.15. The van der Waals surface area contributed by atoms with Gasteiger partial charge in [-0.3, -0.25) is 6.08 Å². The molecule has 0 saturated carbocycles. The number of rotatable bonds is 1. The zero-order valence-electron chi connectivity index (χ0n) is 5.37. The molecule has 0 aromatic carbocycles. The molecule has 1 heterocycles. The molecule has 46 valence electrons. The van der Waals surface area contributed by atoms with Crippen LogP contribution in [0.1, 0.15) is 6.92 Å². The number of aliphatic hydroxyl groups is 1. The predicted molar refractivity (Wildman–Crippen MR) is 35.7 cm³/mol. The largest absolute Gasteiger partial charge is 3.00 e. The van der Waals surface area contributed by atoms with Crippen molar-refractivity contribution in [3.63, 3.8) is 0 Å². The Balaban J connectivity index is 0.000000640. The fourth-order valence-electron chi connectivity index (χ4n) is 0.679. The number of thioether (sulfide) groups is 1. The number of hydrogen-bond donors (Lipinski definition) is 1. The summed E-state index contributed by atoms with van der Waals surface area (Å²) in [6, 6.07) is 0. The molecule has 0 aromatic rings. The van der Waals surface area contributed by atoms with Gasteiger partial charge in [-0.05, 0) is 0 Å². The third-order valence-electron chi connectivity index (χ3n) is 1.08. The van der Waals surface area contributed by atoms with Gasteiger partial charge < -0.3 is 11.2 Å². The summed E-state index contributed by atoms with van der Waals surface area (Å²) in [5, 5.41) is 9.38. The fourth-order valence-corrected chi connectivity index (χ4v) is 1.60. The molecule has 1 aliphatic heterocycles. The minimum Gasteiger partial charge on any atom is -0.486 e. The van der Waals surface area contributed by atoms with Crippen LogP contribution in [0, 0.1) is 6.08 Å². The van der Waals surface area contributed by atoms with E-state index >= 15 is 0 Å². The maximum atomic E-state index is 8.59. The van der Waals surface area contributed by atoms with E-state index in [9.17, 15) is 0 Å². The van der Waals surface area contributed by atoms with E-state index in [-0.39, 0.29) is 39.3 Å². The Morgan fingerprint density at radius 3 is 2.67 bits per heavy atom. The molecule has 0 amide bonds. The summed E-state index contributed by atoms with van der Waals surface area (Å²) in [7, 11) is 0. The maximum absolute atomic E-state index is 8.59. The van der Waals surface area contributed by atoms with Crippen molar-refractivity contribution >= 4 is 11.8 Å². The molecule has 1 rings (SSSR count). The standard InChI is InChI=1S/C6H9OS.Y/c1-5-2-3-6(4-7)8-5;/h3,5-7H,4H2,1H3;/q-1;+3. The van der Waals surface area contributed by atoms with Gasteiger partial charge in [0.05, 0.1) is 6.61 Å². The van der Waals surface area contributed by atoms with Crippen LogP contribution in [-0.4, -0.2) is 22.2 Å². The van der Waals surface area contributed by atoms with Gasteiger partial charge in [-0.15, -0.1) is 5.25 Å². The third-order valence-corrected chi connectivity index (χ3v) is 2.25. The summed E-state index contributed by atoms with van der Waals surface area (Å²) < 4.78 is 0. The molecule has 0 saturated heterocycles. The van der Waals surface area contributed by atoms with Crippen LogP contribution in [0.25, 0.3) is 0 Å². The molecule has 0 bridgehead atoms. The van der Waals surface area contributed by atoms with E-state index < -0.39 is 0 Å². The van der Waals surface area contributed by atoms with E-state index in [0.717, 1.165) is 0 Å². The summed E-state index contributed by atoms with van der Waals surface area (Å²) in [6.45, 7) is 2.33. The van der Waals surface area contributed by atoms with Crippen LogP contribution in [0.15, 0.2) is 6.08 Å². The van der Waals surface area contributed by atoms with E-state index in [4.69, 9.17) is 5.11 Å². The Morgan fingerprint density at radius 1 is 1.78 bits per heavy atom. The van der Waals surface area contributed by atoms with Gasteiger partial charge in [0.25, 0.3) is 0 Å². The molecule has 2 atom stereocenters. The van der Waals surface area contributed by atoms with E-state index in [1.54, 1.807) is 11.8 Å². The summed E-state index contributed by atoms with van der Waals surface area (Å²) in [4.78, 5) is 0. The van der Waals surface area contributed by atoms with Gasteiger partial charge in [0.1, 0.15) is 0 Å². The molecule has 1 nitrogen and oxygen atoms in total. The number of hydrogen-bond acceptors (Lipinski definition) is 2. The normalized spacial score (nSPS) is 32.2. The van der Waals surface area contributed by atoms with Gasteiger partial charge in [0.15, 0.2) is 0 Å². The van der Waals surface area contributed by atoms with Crippen LogP contribution >= 0.6 is 11.8 Å². The van der Waals surface area contributed by atoms with Crippen molar-refractivity contribution in [2.45, 2.75) is 17.4 Å². The van der Waals surface area contributed by atoms with E-state index in [0.29, 0.717) is 10.5 Å². The maximum Gasteiger partial charge on any atom is 3.00 e. The van der Waals surface area contributed by atoms with Gasteiger partial charge in [0, 0.05) is 5.25 Å². The summed E-state index contributed by atoms with van der Waals surface area (Å²) in [5.41, 5.74) is 0. The average molecular weight is 218 g/mol. The third kappa shape index (κ3) is 3.17. The minimum absolute atomic E-state index is 0. The van der Waals surface area contributed by atoms with Gasteiger partial charge in [0.2, 0.25) is 0 Å². The Kier molecular flexibility index (Phi) is 5.52. The molecule has 1 aliphatic rings. The SMILES string of the molecule is CC1[C-]=CC(CO)S1.[Y+3].